The first-order valence-electron chi connectivity index (χ1n) is 4.54. The second-order valence-corrected chi connectivity index (χ2v) is 5.10. The Hall–Kier alpha value is -1.12. The summed E-state index contributed by atoms with van der Waals surface area (Å²) in [5.74, 6) is 0.0382. The monoisotopic (exact) mass is 236 g/mol. The van der Waals surface area contributed by atoms with Crippen LogP contribution in [0.2, 0.25) is 4.34 Å². The van der Waals surface area contributed by atoms with Gasteiger partial charge in [0.1, 0.15) is 0 Å². The van der Waals surface area contributed by atoms with Crippen LogP contribution in [0, 0.1) is 6.92 Å². The molecule has 15 heavy (non-hydrogen) atoms. The molecule has 0 radical (unpaired) electrons. The van der Waals surface area contributed by atoms with Crippen molar-refractivity contribution >= 4 is 28.7 Å². The molecule has 0 unspecified atom stereocenters. The summed E-state index contributed by atoms with van der Waals surface area (Å²) in [6.45, 7) is 1.91. The number of carbonyl (C=O) groups is 1. The van der Waals surface area contributed by atoms with Crippen LogP contribution in [0.3, 0.4) is 0 Å². The van der Waals surface area contributed by atoms with Crippen molar-refractivity contribution < 1.29 is 4.79 Å². The van der Waals surface area contributed by atoms with Gasteiger partial charge in [-0.3, -0.25) is 4.79 Å². The molecule has 0 aliphatic rings. The minimum absolute atomic E-state index is 0.0382. The van der Waals surface area contributed by atoms with Gasteiger partial charge < -0.3 is 0 Å². The van der Waals surface area contributed by atoms with Crippen LogP contribution in [-0.2, 0) is 0 Å². The number of carbonyl (C=O) groups excluding carboxylic acids is 1. The van der Waals surface area contributed by atoms with Gasteiger partial charge in [-0.15, -0.1) is 11.3 Å². The lowest BCUT2D eigenvalue weighted by atomic mass is 10.0. The van der Waals surface area contributed by atoms with Crippen molar-refractivity contribution in [3.05, 3.63) is 56.7 Å². The molecule has 1 aromatic carbocycles. The third-order valence-corrected chi connectivity index (χ3v) is 3.35. The van der Waals surface area contributed by atoms with Crippen LogP contribution in [-0.4, -0.2) is 5.78 Å². The zero-order valence-corrected chi connectivity index (χ0v) is 9.73. The molecule has 0 atom stereocenters. The summed E-state index contributed by atoms with van der Waals surface area (Å²) in [6.07, 6.45) is 0. The van der Waals surface area contributed by atoms with Crippen molar-refractivity contribution in [3.63, 3.8) is 0 Å². The molecule has 0 saturated carbocycles. The Morgan fingerprint density at radius 1 is 1.27 bits per heavy atom. The largest absolute Gasteiger partial charge is 0.289 e. The van der Waals surface area contributed by atoms with Gasteiger partial charge in [-0.2, -0.15) is 0 Å². The number of thiophene rings is 1. The summed E-state index contributed by atoms with van der Waals surface area (Å²) in [6, 6.07) is 11.0. The molecular weight excluding hydrogens is 228 g/mol. The van der Waals surface area contributed by atoms with Crippen LogP contribution in [0.1, 0.15) is 20.8 Å². The molecule has 0 aliphatic carbocycles. The van der Waals surface area contributed by atoms with Crippen LogP contribution >= 0.6 is 22.9 Å². The van der Waals surface area contributed by atoms with Gasteiger partial charge in [0.05, 0.1) is 4.34 Å². The molecule has 3 heteroatoms. The van der Waals surface area contributed by atoms with E-state index in [1.54, 1.807) is 6.07 Å². The van der Waals surface area contributed by atoms with E-state index in [0.29, 0.717) is 15.5 Å². The van der Waals surface area contributed by atoms with Crippen molar-refractivity contribution in [3.8, 4) is 0 Å². The van der Waals surface area contributed by atoms with Crippen molar-refractivity contribution in [2.24, 2.45) is 0 Å². The average molecular weight is 237 g/mol. The van der Waals surface area contributed by atoms with Crippen molar-refractivity contribution in [2.75, 3.05) is 0 Å². The first kappa shape index (κ1) is 10.4. The number of halogens is 1. The first-order valence-corrected chi connectivity index (χ1v) is 5.73. The summed E-state index contributed by atoms with van der Waals surface area (Å²) in [5, 5.41) is 0. The quantitative estimate of drug-likeness (QED) is 0.722. The zero-order valence-electron chi connectivity index (χ0n) is 8.16. The van der Waals surface area contributed by atoms with E-state index in [0.717, 1.165) is 4.88 Å². The number of rotatable bonds is 2. The highest BCUT2D eigenvalue weighted by Gasteiger charge is 2.13. The van der Waals surface area contributed by atoms with Gasteiger partial charge in [-0.1, -0.05) is 41.9 Å². The SMILES string of the molecule is Cc1sc(Cl)cc1C(=O)c1ccccc1. The van der Waals surface area contributed by atoms with E-state index >= 15 is 0 Å². The highest BCUT2D eigenvalue weighted by Crippen LogP contribution is 2.27. The summed E-state index contributed by atoms with van der Waals surface area (Å²) < 4.78 is 0.659. The molecule has 76 valence electrons. The molecule has 0 N–H and O–H groups in total. The van der Waals surface area contributed by atoms with Crippen molar-refractivity contribution in [1.82, 2.24) is 0 Å². The Labute approximate surface area is 97.3 Å². The van der Waals surface area contributed by atoms with Crippen molar-refractivity contribution in [1.29, 1.82) is 0 Å². The lowest BCUT2D eigenvalue weighted by molar-refractivity contribution is 0.103. The highest BCUT2D eigenvalue weighted by molar-refractivity contribution is 7.16. The van der Waals surface area contributed by atoms with E-state index in [-0.39, 0.29) is 5.78 Å². The van der Waals surface area contributed by atoms with E-state index < -0.39 is 0 Å². The van der Waals surface area contributed by atoms with Crippen LogP contribution in [0.15, 0.2) is 36.4 Å². The van der Waals surface area contributed by atoms with Crippen LogP contribution in [0.25, 0.3) is 0 Å². The highest BCUT2D eigenvalue weighted by atomic mass is 35.5. The summed E-state index contributed by atoms with van der Waals surface area (Å²) in [7, 11) is 0. The van der Waals surface area contributed by atoms with E-state index in [1.165, 1.54) is 11.3 Å². The molecule has 0 fully saturated rings. The van der Waals surface area contributed by atoms with Gasteiger partial charge in [-0.25, -0.2) is 0 Å². The topological polar surface area (TPSA) is 17.1 Å². The Kier molecular flexibility index (Phi) is 2.89. The van der Waals surface area contributed by atoms with Gasteiger partial charge in [-0.05, 0) is 13.0 Å². The molecule has 0 saturated heterocycles. The smallest absolute Gasteiger partial charge is 0.194 e. The second kappa shape index (κ2) is 4.17. The number of benzene rings is 1. The predicted molar refractivity (Wildman–Crippen MR) is 63.9 cm³/mol. The summed E-state index contributed by atoms with van der Waals surface area (Å²) in [5.41, 5.74) is 1.41. The summed E-state index contributed by atoms with van der Waals surface area (Å²) >= 11 is 7.30. The van der Waals surface area contributed by atoms with Crippen LogP contribution in [0.5, 0.6) is 0 Å². The Balaban J connectivity index is 2.41. The fraction of sp³-hybridized carbons (Fsp3) is 0.0833. The van der Waals surface area contributed by atoms with Crippen LogP contribution < -0.4 is 0 Å². The molecule has 0 amide bonds. The number of hydrogen-bond acceptors (Lipinski definition) is 2. The minimum Gasteiger partial charge on any atom is -0.289 e. The number of hydrogen-bond donors (Lipinski definition) is 0. The third kappa shape index (κ3) is 2.11. The second-order valence-electron chi connectivity index (χ2n) is 3.22. The Morgan fingerprint density at radius 3 is 2.47 bits per heavy atom. The van der Waals surface area contributed by atoms with E-state index in [4.69, 9.17) is 11.6 Å². The molecule has 1 aromatic heterocycles. The Morgan fingerprint density at radius 2 is 1.93 bits per heavy atom. The maximum Gasteiger partial charge on any atom is 0.194 e. The third-order valence-electron chi connectivity index (χ3n) is 2.17. The van der Waals surface area contributed by atoms with Gasteiger partial charge in [0.2, 0.25) is 0 Å². The number of ketones is 1. The lowest BCUT2D eigenvalue weighted by Gasteiger charge is -1.98. The molecule has 1 heterocycles. The van der Waals surface area contributed by atoms with E-state index in [9.17, 15) is 4.79 Å². The average Bonchev–Trinajstić information content (AvgIpc) is 2.58. The predicted octanol–water partition coefficient (Wildman–Crippen LogP) is 3.94. The fourth-order valence-electron chi connectivity index (χ4n) is 1.42. The Bertz CT molecular complexity index is 488. The molecule has 0 bridgehead atoms. The maximum absolute atomic E-state index is 12.0. The standard InChI is InChI=1S/C12H9ClOS/c1-8-10(7-11(13)15-8)12(14)9-5-3-2-4-6-9/h2-7H,1H3. The molecular formula is C12H9ClOS. The van der Waals surface area contributed by atoms with E-state index in [2.05, 4.69) is 0 Å². The molecule has 2 aromatic rings. The maximum atomic E-state index is 12.0. The van der Waals surface area contributed by atoms with Crippen LogP contribution in [0.4, 0.5) is 0 Å². The molecule has 2 rings (SSSR count). The number of aryl methyl sites for hydroxylation is 1. The first-order chi connectivity index (χ1) is 7.18. The molecule has 0 aliphatic heterocycles. The van der Waals surface area contributed by atoms with Gasteiger partial charge in [0, 0.05) is 16.0 Å². The normalized spacial score (nSPS) is 10.3. The minimum atomic E-state index is 0.0382. The molecule has 1 nitrogen and oxygen atoms in total. The fourth-order valence-corrected chi connectivity index (χ4v) is 2.60. The van der Waals surface area contributed by atoms with E-state index in [1.807, 2.05) is 37.3 Å². The van der Waals surface area contributed by atoms with Crippen molar-refractivity contribution in [2.45, 2.75) is 6.92 Å². The summed E-state index contributed by atoms with van der Waals surface area (Å²) in [4.78, 5) is 13.0. The zero-order chi connectivity index (χ0) is 10.8. The molecule has 0 spiro atoms. The lowest BCUT2D eigenvalue weighted by Crippen LogP contribution is -2.00. The van der Waals surface area contributed by atoms with Gasteiger partial charge in [0.15, 0.2) is 5.78 Å². The van der Waals surface area contributed by atoms with Gasteiger partial charge in [0.25, 0.3) is 0 Å². The van der Waals surface area contributed by atoms with Gasteiger partial charge >= 0.3 is 0 Å².